The van der Waals surface area contributed by atoms with Crippen LogP contribution < -0.4 is 5.32 Å². The quantitative estimate of drug-likeness (QED) is 0.0955. The second-order valence-electron chi connectivity index (χ2n) is 9.22. The van der Waals surface area contributed by atoms with Crippen LogP contribution >= 0.6 is 0 Å². The van der Waals surface area contributed by atoms with Crippen molar-refractivity contribution < 1.29 is 14.3 Å². The third-order valence-electron chi connectivity index (χ3n) is 6.00. The number of carbonyl (C=O) groups is 2. The molecule has 2 rings (SSSR count). The molecule has 0 saturated carbocycles. The molecule has 6 nitrogen and oxygen atoms in total. The summed E-state index contributed by atoms with van der Waals surface area (Å²) in [7, 11) is 0. The average Bonchev–Trinajstić information content (AvgIpc) is 3.43. The molecule has 2 aromatic rings. The number of aromatic amines is 1. The van der Waals surface area contributed by atoms with Crippen molar-refractivity contribution in [2.45, 2.75) is 90.2 Å². The van der Waals surface area contributed by atoms with Gasteiger partial charge in [0.25, 0.3) is 0 Å². The molecule has 1 atom stereocenters. The summed E-state index contributed by atoms with van der Waals surface area (Å²) >= 11 is 0. The predicted molar refractivity (Wildman–Crippen MR) is 150 cm³/mol. The summed E-state index contributed by atoms with van der Waals surface area (Å²) in [5.74, 6) is -0.848. The second kappa shape index (κ2) is 19.7. The number of allylic oxidation sites excluding steroid dienone is 5. The largest absolute Gasteiger partial charge is 0.459 e. The van der Waals surface area contributed by atoms with Crippen LogP contribution in [0.15, 0.2) is 79.3 Å². The van der Waals surface area contributed by atoms with Crippen LogP contribution in [0.4, 0.5) is 0 Å². The zero-order chi connectivity index (χ0) is 26.4. The summed E-state index contributed by atoms with van der Waals surface area (Å²) in [5.41, 5.74) is 1.63. The van der Waals surface area contributed by atoms with Gasteiger partial charge in [-0.15, -0.1) is 0 Å². The van der Waals surface area contributed by atoms with Crippen molar-refractivity contribution in [3.63, 3.8) is 0 Å². The van der Waals surface area contributed by atoms with E-state index in [0.29, 0.717) is 0 Å². The Balaban J connectivity index is 1.67. The lowest BCUT2D eigenvalue weighted by Crippen LogP contribution is -2.42. The SMILES string of the molecule is CCCCCCCCCCCC=CC=CC=CC(=O)N[C@@H](Cc1cnc[nH]1)C(=O)OCc1ccccc1. The number of benzene rings is 1. The highest BCUT2D eigenvalue weighted by Gasteiger charge is 2.22. The van der Waals surface area contributed by atoms with Crippen molar-refractivity contribution in [1.29, 1.82) is 0 Å². The number of nitrogens with one attached hydrogen (secondary N) is 2. The maximum Gasteiger partial charge on any atom is 0.329 e. The van der Waals surface area contributed by atoms with Gasteiger partial charge in [-0.25, -0.2) is 9.78 Å². The zero-order valence-corrected chi connectivity index (χ0v) is 22.2. The number of unbranched alkanes of at least 4 members (excludes halogenated alkanes) is 9. The molecule has 0 unspecified atom stereocenters. The summed E-state index contributed by atoms with van der Waals surface area (Å²) in [6.45, 7) is 2.41. The average molecular weight is 506 g/mol. The number of imidazole rings is 1. The molecule has 0 aliphatic carbocycles. The number of hydrogen-bond donors (Lipinski definition) is 2. The van der Waals surface area contributed by atoms with Gasteiger partial charge < -0.3 is 15.0 Å². The van der Waals surface area contributed by atoms with E-state index in [1.165, 1.54) is 70.2 Å². The molecule has 1 heterocycles. The van der Waals surface area contributed by atoms with Gasteiger partial charge in [-0.2, -0.15) is 0 Å². The highest BCUT2D eigenvalue weighted by molar-refractivity contribution is 5.91. The molecule has 1 aromatic heterocycles. The first kappa shape index (κ1) is 29.8. The van der Waals surface area contributed by atoms with Gasteiger partial charge in [0.2, 0.25) is 5.91 Å². The van der Waals surface area contributed by atoms with Crippen LogP contribution in [0.2, 0.25) is 0 Å². The van der Waals surface area contributed by atoms with Gasteiger partial charge in [-0.05, 0) is 18.4 Å². The van der Waals surface area contributed by atoms with E-state index in [-0.39, 0.29) is 18.9 Å². The normalized spacial score (nSPS) is 12.5. The lowest BCUT2D eigenvalue weighted by atomic mass is 10.1. The highest BCUT2D eigenvalue weighted by Crippen LogP contribution is 2.10. The van der Waals surface area contributed by atoms with Gasteiger partial charge in [-0.3, -0.25) is 4.79 Å². The molecule has 2 N–H and O–H groups in total. The van der Waals surface area contributed by atoms with Gasteiger partial charge in [0.1, 0.15) is 12.6 Å². The number of hydrogen-bond acceptors (Lipinski definition) is 4. The van der Waals surface area contributed by atoms with E-state index in [0.717, 1.165) is 17.7 Å². The van der Waals surface area contributed by atoms with Crippen LogP contribution in [-0.2, 0) is 27.4 Å². The number of amides is 1. The van der Waals surface area contributed by atoms with Crippen molar-refractivity contribution in [3.8, 4) is 0 Å². The molecule has 1 amide bonds. The van der Waals surface area contributed by atoms with E-state index >= 15 is 0 Å². The minimum atomic E-state index is -0.818. The lowest BCUT2D eigenvalue weighted by Gasteiger charge is -2.16. The molecule has 0 aliphatic rings. The fourth-order valence-corrected chi connectivity index (χ4v) is 3.88. The molecular formula is C31H43N3O3. The first-order valence-corrected chi connectivity index (χ1v) is 13.7. The Morgan fingerprint density at radius 1 is 0.946 bits per heavy atom. The van der Waals surface area contributed by atoms with Crippen molar-refractivity contribution >= 4 is 11.9 Å². The van der Waals surface area contributed by atoms with Gasteiger partial charge in [0, 0.05) is 24.4 Å². The summed E-state index contributed by atoms with van der Waals surface area (Å²) in [4.78, 5) is 32.0. The van der Waals surface area contributed by atoms with E-state index in [1.54, 1.807) is 12.3 Å². The van der Waals surface area contributed by atoms with Crippen LogP contribution in [0, 0.1) is 0 Å². The van der Waals surface area contributed by atoms with E-state index in [9.17, 15) is 9.59 Å². The summed E-state index contributed by atoms with van der Waals surface area (Å²) in [5, 5.41) is 2.74. The molecule has 0 fully saturated rings. The number of aromatic nitrogens is 2. The smallest absolute Gasteiger partial charge is 0.329 e. The molecule has 37 heavy (non-hydrogen) atoms. The third kappa shape index (κ3) is 14.7. The Kier molecular flexibility index (Phi) is 15.9. The summed E-state index contributed by atoms with van der Waals surface area (Å²) < 4.78 is 5.44. The molecule has 0 aliphatic heterocycles. The van der Waals surface area contributed by atoms with E-state index in [1.807, 2.05) is 48.6 Å². The monoisotopic (exact) mass is 505 g/mol. The third-order valence-corrected chi connectivity index (χ3v) is 6.00. The number of ether oxygens (including phenoxy) is 1. The first-order valence-electron chi connectivity index (χ1n) is 13.7. The molecule has 200 valence electrons. The van der Waals surface area contributed by atoms with Crippen LogP contribution in [0.25, 0.3) is 0 Å². The second-order valence-corrected chi connectivity index (χ2v) is 9.22. The van der Waals surface area contributed by atoms with Crippen LogP contribution in [-0.4, -0.2) is 27.9 Å². The molecule has 0 saturated heterocycles. The standard InChI is InChI=1S/C31H43N3O3/c1-2-3-4-5-6-7-8-9-10-11-12-13-14-15-19-22-30(35)34-29(23-28-24-32-26-33-28)31(36)37-25-27-20-17-16-18-21-27/h12-22,24,26,29H,2-11,23,25H2,1H3,(H,32,33)(H,34,35)/t29-/m0/s1. The van der Waals surface area contributed by atoms with Crippen LogP contribution in [0.5, 0.6) is 0 Å². The number of nitrogens with zero attached hydrogens (tertiary/aromatic N) is 1. The fraction of sp³-hybridized carbons (Fsp3) is 0.452. The molecule has 0 bridgehead atoms. The van der Waals surface area contributed by atoms with Gasteiger partial charge >= 0.3 is 5.97 Å². The van der Waals surface area contributed by atoms with E-state index in [2.05, 4.69) is 28.3 Å². The van der Waals surface area contributed by atoms with E-state index in [4.69, 9.17) is 4.74 Å². The Hall–Kier alpha value is -3.41. The minimum absolute atomic E-state index is 0.152. The molecule has 0 spiro atoms. The Morgan fingerprint density at radius 2 is 1.65 bits per heavy atom. The minimum Gasteiger partial charge on any atom is -0.459 e. The number of H-pyrrole nitrogens is 1. The predicted octanol–water partition coefficient (Wildman–Crippen LogP) is 6.77. The van der Waals surface area contributed by atoms with Crippen molar-refractivity contribution in [2.24, 2.45) is 0 Å². The van der Waals surface area contributed by atoms with Crippen molar-refractivity contribution in [1.82, 2.24) is 15.3 Å². The Labute approximate surface area is 222 Å². The van der Waals surface area contributed by atoms with E-state index < -0.39 is 12.0 Å². The van der Waals surface area contributed by atoms with Crippen molar-refractivity contribution in [2.75, 3.05) is 0 Å². The Morgan fingerprint density at radius 3 is 2.35 bits per heavy atom. The molecule has 0 radical (unpaired) electrons. The maximum atomic E-state index is 12.7. The number of rotatable bonds is 19. The first-order chi connectivity index (χ1) is 18.2. The Bertz CT molecular complexity index is 949. The topological polar surface area (TPSA) is 84.1 Å². The molecular weight excluding hydrogens is 462 g/mol. The summed E-state index contributed by atoms with van der Waals surface area (Å²) in [6.07, 6.45) is 27.5. The lowest BCUT2D eigenvalue weighted by molar-refractivity contribution is -0.148. The van der Waals surface area contributed by atoms with Crippen LogP contribution in [0.3, 0.4) is 0 Å². The molecule has 1 aromatic carbocycles. The zero-order valence-electron chi connectivity index (χ0n) is 22.2. The van der Waals surface area contributed by atoms with Gasteiger partial charge in [0.15, 0.2) is 0 Å². The van der Waals surface area contributed by atoms with Crippen LogP contribution in [0.1, 0.15) is 82.4 Å². The number of esters is 1. The fourth-order valence-electron chi connectivity index (χ4n) is 3.88. The maximum absolute atomic E-state index is 12.7. The molecule has 6 heteroatoms. The number of carbonyl (C=O) groups excluding carboxylic acids is 2. The van der Waals surface area contributed by atoms with Gasteiger partial charge in [-0.1, -0.05) is 119 Å². The van der Waals surface area contributed by atoms with Crippen molar-refractivity contribution in [3.05, 3.63) is 90.6 Å². The highest BCUT2D eigenvalue weighted by atomic mass is 16.5. The van der Waals surface area contributed by atoms with Gasteiger partial charge in [0.05, 0.1) is 6.33 Å². The summed E-state index contributed by atoms with van der Waals surface area (Å²) in [6, 6.07) is 8.63.